The van der Waals surface area contributed by atoms with Crippen LogP contribution < -0.4 is 19.1 Å². The summed E-state index contributed by atoms with van der Waals surface area (Å²) in [5.74, 6) is 1.12. The Balaban J connectivity index is 1.45. The molecule has 7 nitrogen and oxygen atoms in total. The lowest BCUT2D eigenvalue weighted by atomic mass is 10.0. The van der Waals surface area contributed by atoms with Crippen LogP contribution in [-0.2, 0) is 22.9 Å². The Morgan fingerprint density at radius 1 is 0.971 bits per heavy atom. The zero-order valence-electron chi connectivity index (χ0n) is 19.3. The maximum absolute atomic E-state index is 13.2. The van der Waals surface area contributed by atoms with Crippen molar-refractivity contribution >= 4 is 21.6 Å². The Morgan fingerprint density at radius 3 is 2.47 bits per heavy atom. The number of rotatable bonds is 8. The third-order valence-corrected chi connectivity index (χ3v) is 7.72. The highest BCUT2D eigenvalue weighted by Gasteiger charge is 2.29. The number of ether oxygens (including phenoxy) is 2. The van der Waals surface area contributed by atoms with Crippen LogP contribution in [0.5, 0.6) is 11.5 Å². The van der Waals surface area contributed by atoms with Gasteiger partial charge in [-0.25, -0.2) is 8.42 Å². The van der Waals surface area contributed by atoms with Crippen LogP contribution in [0.1, 0.15) is 27.9 Å². The number of benzene rings is 3. The molecular formula is C26H28N2O5S. The molecule has 1 amide bonds. The zero-order chi connectivity index (χ0) is 24.1. The van der Waals surface area contributed by atoms with Crippen LogP contribution in [0.25, 0.3) is 0 Å². The number of aryl methyl sites for hydroxylation is 1. The number of carbonyl (C=O) groups excluding carboxylic acids is 1. The molecule has 34 heavy (non-hydrogen) atoms. The molecule has 0 fully saturated rings. The lowest BCUT2D eigenvalue weighted by Crippen LogP contribution is -2.35. The van der Waals surface area contributed by atoms with Gasteiger partial charge in [-0.1, -0.05) is 24.3 Å². The molecule has 0 aromatic heterocycles. The first-order valence-electron chi connectivity index (χ1n) is 11.1. The third-order valence-electron chi connectivity index (χ3n) is 5.90. The van der Waals surface area contributed by atoms with Gasteiger partial charge in [0.25, 0.3) is 15.9 Å². The predicted octanol–water partition coefficient (Wildman–Crippen LogP) is 3.82. The van der Waals surface area contributed by atoms with Gasteiger partial charge >= 0.3 is 0 Å². The topological polar surface area (TPSA) is 84.9 Å². The Hall–Kier alpha value is -3.52. The number of nitrogens with zero attached hydrogens (tertiary/aromatic N) is 1. The Labute approximate surface area is 200 Å². The number of amides is 1. The maximum atomic E-state index is 13.2. The van der Waals surface area contributed by atoms with E-state index in [9.17, 15) is 13.2 Å². The second kappa shape index (κ2) is 10.2. The molecule has 3 aromatic rings. The van der Waals surface area contributed by atoms with Crippen LogP contribution in [0.2, 0.25) is 0 Å². The zero-order valence-corrected chi connectivity index (χ0v) is 20.1. The standard InChI is InChI=1S/C26H28N2O5S/c1-32-24-13-10-19(17-25(24)33-2)14-15-27-26(29)21-11-12-23-20(18-21)7-6-16-28(23)34(30,31)22-8-4-3-5-9-22/h3-5,8-13,17-18H,6-7,14-16H2,1-2H3,(H,27,29). The van der Waals surface area contributed by atoms with E-state index in [1.54, 1.807) is 62.8 Å². The highest BCUT2D eigenvalue weighted by atomic mass is 32.2. The van der Waals surface area contributed by atoms with E-state index < -0.39 is 10.0 Å². The van der Waals surface area contributed by atoms with Gasteiger partial charge in [0.1, 0.15) is 0 Å². The molecule has 4 rings (SSSR count). The third kappa shape index (κ3) is 4.87. The summed E-state index contributed by atoms with van der Waals surface area (Å²) in [6.45, 7) is 0.876. The van der Waals surface area contributed by atoms with Gasteiger partial charge in [0, 0.05) is 18.7 Å². The van der Waals surface area contributed by atoms with Crippen LogP contribution in [0.3, 0.4) is 0 Å². The van der Waals surface area contributed by atoms with Gasteiger partial charge in [-0.05, 0) is 72.9 Å². The van der Waals surface area contributed by atoms with Crippen LogP contribution in [-0.4, -0.2) is 41.6 Å². The minimum Gasteiger partial charge on any atom is -0.493 e. The summed E-state index contributed by atoms with van der Waals surface area (Å²) in [6.07, 6.45) is 2.06. The minimum atomic E-state index is -3.65. The second-order valence-electron chi connectivity index (χ2n) is 8.03. The summed E-state index contributed by atoms with van der Waals surface area (Å²) < 4.78 is 38.3. The largest absolute Gasteiger partial charge is 0.493 e. The van der Waals surface area contributed by atoms with E-state index in [-0.39, 0.29) is 10.8 Å². The van der Waals surface area contributed by atoms with Crippen molar-refractivity contribution in [3.8, 4) is 11.5 Å². The number of methoxy groups -OCH3 is 2. The minimum absolute atomic E-state index is 0.189. The van der Waals surface area contributed by atoms with Crippen molar-refractivity contribution in [1.29, 1.82) is 0 Å². The average molecular weight is 481 g/mol. The summed E-state index contributed by atoms with van der Waals surface area (Å²) in [4.78, 5) is 13.0. The molecule has 0 saturated carbocycles. The van der Waals surface area contributed by atoms with Crippen molar-refractivity contribution in [3.05, 3.63) is 83.4 Å². The van der Waals surface area contributed by atoms with E-state index in [2.05, 4.69) is 5.32 Å². The number of hydrogen-bond acceptors (Lipinski definition) is 5. The van der Waals surface area contributed by atoms with Crippen LogP contribution in [0.4, 0.5) is 5.69 Å². The number of hydrogen-bond donors (Lipinski definition) is 1. The smallest absolute Gasteiger partial charge is 0.264 e. The van der Waals surface area contributed by atoms with Gasteiger partial charge in [0.15, 0.2) is 11.5 Å². The van der Waals surface area contributed by atoms with Crippen molar-refractivity contribution < 1.29 is 22.7 Å². The molecule has 0 unspecified atom stereocenters. The van der Waals surface area contributed by atoms with Gasteiger partial charge in [-0.3, -0.25) is 9.10 Å². The number of anilines is 1. The summed E-state index contributed by atoms with van der Waals surface area (Å²) in [5, 5.41) is 2.94. The summed E-state index contributed by atoms with van der Waals surface area (Å²) >= 11 is 0. The molecule has 0 radical (unpaired) electrons. The molecule has 3 aromatic carbocycles. The number of nitrogens with one attached hydrogen (secondary N) is 1. The van der Waals surface area contributed by atoms with E-state index in [4.69, 9.17) is 9.47 Å². The second-order valence-corrected chi connectivity index (χ2v) is 9.89. The van der Waals surface area contributed by atoms with Gasteiger partial charge in [0.05, 0.1) is 24.8 Å². The quantitative estimate of drug-likeness (QED) is 0.530. The fourth-order valence-electron chi connectivity index (χ4n) is 4.13. The Morgan fingerprint density at radius 2 is 1.74 bits per heavy atom. The van der Waals surface area contributed by atoms with E-state index in [1.165, 1.54) is 4.31 Å². The SMILES string of the molecule is COc1ccc(CCNC(=O)c2ccc3c(c2)CCCN3S(=O)(=O)c2ccccc2)cc1OC. The molecule has 0 bridgehead atoms. The lowest BCUT2D eigenvalue weighted by molar-refractivity contribution is 0.0954. The first-order chi connectivity index (χ1) is 16.4. The molecule has 0 atom stereocenters. The van der Waals surface area contributed by atoms with Crippen molar-refractivity contribution in [2.24, 2.45) is 0 Å². The number of fused-ring (bicyclic) bond motifs is 1. The first-order valence-corrected chi connectivity index (χ1v) is 12.6. The van der Waals surface area contributed by atoms with Crippen LogP contribution in [0, 0.1) is 0 Å². The molecule has 0 saturated heterocycles. The summed E-state index contributed by atoms with van der Waals surface area (Å²) in [7, 11) is -0.472. The van der Waals surface area contributed by atoms with Gasteiger partial charge in [-0.2, -0.15) is 0 Å². The predicted molar refractivity (Wildman–Crippen MR) is 131 cm³/mol. The summed E-state index contributed by atoms with van der Waals surface area (Å²) in [6, 6.07) is 19.3. The fraction of sp³-hybridized carbons (Fsp3) is 0.269. The van der Waals surface area contributed by atoms with E-state index in [0.29, 0.717) is 48.7 Å². The molecule has 0 aliphatic carbocycles. The number of carbonyl (C=O) groups is 1. The first kappa shape index (κ1) is 23.6. The molecule has 8 heteroatoms. The fourth-order valence-corrected chi connectivity index (χ4v) is 5.69. The maximum Gasteiger partial charge on any atom is 0.264 e. The van der Waals surface area contributed by atoms with Crippen molar-refractivity contribution in [2.75, 3.05) is 31.6 Å². The van der Waals surface area contributed by atoms with Crippen molar-refractivity contribution in [1.82, 2.24) is 5.32 Å². The van der Waals surface area contributed by atoms with E-state index in [0.717, 1.165) is 17.5 Å². The van der Waals surface area contributed by atoms with Crippen molar-refractivity contribution in [3.63, 3.8) is 0 Å². The van der Waals surface area contributed by atoms with Gasteiger partial charge in [0.2, 0.25) is 0 Å². The molecule has 178 valence electrons. The molecular weight excluding hydrogens is 452 g/mol. The van der Waals surface area contributed by atoms with E-state index in [1.807, 2.05) is 18.2 Å². The molecule has 1 heterocycles. The molecule has 1 aliphatic heterocycles. The monoisotopic (exact) mass is 480 g/mol. The van der Waals surface area contributed by atoms with Gasteiger partial charge < -0.3 is 14.8 Å². The highest BCUT2D eigenvalue weighted by Crippen LogP contribution is 2.33. The Bertz CT molecular complexity index is 1280. The normalized spacial score (nSPS) is 13.2. The molecule has 1 N–H and O–H groups in total. The van der Waals surface area contributed by atoms with E-state index >= 15 is 0 Å². The van der Waals surface area contributed by atoms with Crippen molar-refractivity contribution in [2.45, 2.75) is 24.2 Å². The van der Waals surface area contributed by atoms with Crippen LogP contribution >= 0.6 is 0 Å². The number of sulfonamides is 1. The molecule has 1 aliphatic rings. The summed E-state index contributed by atoms with van der Waals surface area (Å²) in [5.41, 5.74) is 3.03. The van der Waals surface area contributed by atoms with Gasteiger partial charge in [-0.15, -0.1) is 0 Å². The highest BCUT2D eigenvalue weighted by molar-refractivity contribution is 7.92. The molecule has 0 spiro atoms. The average Bonchev–Trinajstić information content (AvgIpc) is 2.88. The lowest BCUT2D eigenvalue weighted by Gasteiger charge is -2.30. The van der Waals surface area contributed by atoms with Crippen LogP contribution in [0.15, 0.2) is 71.6 Å². The Kier molecular flexibility index (Phi) is 7.07.